The molecule has 0 amide bonds. The summed E-state index contributed by atoms with van der Waals surface area (Å²) in [5.74, 6) is 0.584. The lowest BCUT2D eigenvalue weighted by Gasteiger charge is -2.21. The second-order valence-electron chi connectivity index (χ2n) is 6.92. The Morgan fingerprint density at radius 2 is 1.90 bits per heavy atom. The van der Waals surface area contributed by atoms with E-state index < -0.39 is 0 Å². The summed E-state index contributed by atoms with van der Waals surface area (Å²) in [6, 6.07) is 16.7. The van der Waals surface area contributed by atoms with Gasteiger partial charge in [-0.15, -0.1) is 0 Å². The Bertz CT molecular complexity index is 1430. The maximum absolute atomic E-state index is 13.5. The van der Waals surface area contributed by atoms with Gasteiger partial charge in [0.2, 0.25) is 0 Å². The highest BCUT2D eigenvalue weighted by Gasteiger charge is 2.19. The standard InChI is InChI=1S/C22H17ClN6O/c1-14(27-20-21-24-10-11-28(21)26-13-25-20)18-12-15-6-5-9-17(23)19(15)22(30)29(18)16-7-3-2-4-8-16/h2-14H,1H3,(H,25,26,27). The van der Waals surface area contributed by atoms with E-state index in [4.69, 9.17) is 11.6 Å². The number of para-hydroxylation sites is 1. The fourth-order valence-electron chi connectivity index (χ4n) is 3.64. The molecule has 5 aromatic rings. The zero-order valence-corrected chi connectivity index (χ0v) is 16.8. The Morgan fingerprint density at radius 1 is 1.07 bits per heavy atom. The van der Waals surface area contributed by atoms with Gasteiger partial charge in [-0.25, -0.2) is 14.5 Å². The van der Waals surface area contributed by atoms with E-state index in [0.29, 0.717) is 21.9 Å². The summed E-state index contributed by atoms with van der Waals surface area (Å²) in [5.41, 5.74) is 1.99. The van der Waals surface area contributed by atoms with Crippen molar-refractivity contribution in [2.75, 3.05) is 5.32 Å². The molecule has 0 spiro atoms. The fraction of sp³-hybridized carbons (Fsp3) is 0.0909. The van der Waals surface area contributed by atoms with E-state index in [1.165, 1.54) is 6.33 Å². The third kappa shape index (κ3) is 3.00. The van der Waals surface area contributed by atoms with Gasteiger partial charge < -0.3 is 5.32 Å². The van der Waals surface area contributed by atoms with Crippen LogP contribution in [0.1, 0.15) is 18.7 Å². The van der Waals surface area contributed by atoms with Crippen LogP contribution in [0.4, 0.5) is 5.82 Å². The molecule has 148 valence electrons. The van der Waals surface area contributed by atoms with Gasteiger partial charge in [-0.05, 0) is 36.6 Å². The molecule has 0 saturated carbocycles. The minimum Gasteiger partial charge on any atom is -0.359 e. The normalized spacial score (nSPS) is 12.3. The number of anilines is 1. The third-order valence-electron chi connectivity index (χ3n) is 5.03. The fourth-order valence-corrected chi connectivity index (χ4v) is 3.90. The monoisotopic (exact) mass is 416 g/mol. The maximum atomic E-state index is 13.5. The van der Waals surface area contributed by atoms with Gasteiger partial charge in [0, 0.05) is 23.8 Å². The molecule has 2 aromatic carbocycles. The predicted molar refractivity (Wildman–Crippen MR) is 117 cm³/mol. The number of pyridine rings is 1. The molecule has 1 N–H and O–H groups in total. The SMILES string of the molecule is CC(Nc1ncnn2ccnc12)c1cc2cccc(Cl)c2c(=O)n1-c1ccccc1. The summed E-state index contributed by atoms with van der Waals surface area (Å²) in [6.07, 6.45) is 4.89. The van der Waals surface area contributed by atoms with Crippen LogP contribution in [0, 0.1) is 0 Å². The summed E-state index contributed by atoms with van der Waals surface area (Å²) in [5, 5.41) is 9.24. The lowest BCUT2D eigenvalue weighted by molar-refractivity contribution is 0.769. The summed E-state index contributed by atoms with van der Waals surface area (Å²) < 4.78 is 3.34. The van der Waals surface area contributed by atoms with E-state index in [2.05, 4.69) is 20.4 Å². The van der Waals surface area contributed by atoms with Crippen molar-refractivity contribution < 1.29 is 0 Å². The number of benzene rings is 2. The zero-order chi connectivity index (χ0) is 20.7. The molecule has 3 aromatic heterocycles. The molecule has 0 aliphatic heterocycles. The minimum atomic E-state index is -0.253. The number of fused-ring (bicyclic) bond motifs is 2. The lowest BCUT2D eigenvalue weighted by Crippen LogP contribution is -2.26. The first-order valence-electron chi connectivity index (χ1n) is 9.44. The van der Waals surface area contributed by atoms with Crippen molar-refractivity contribution >= 4 is 33.8 Å². The molecule has 0 aliphatic carbocycles. The zero-order valence-electron chi connectivity index (χ0n) is 16.0. The number of nitrogens with one attached hydrogen (secondary N) is 1. The first kappa shape index (κ1) is 18.3. The Kier molecular flexibility index (Phi) is 4.44. The van der Waals surface area contributed by atoms with Crippen LogP contribution >= 0.6 is 11.6 Å². The van der Waals surface area contributed by atoms with E-state index in [9.17, 15) is 4.79 Å². The number of aromatic nitrogens is 5. The number of imidazole rings is 1. The Hall–Kier alpha value is -3.71. The van der Waals surface area contributed by atoms with Gasteiger partial charge in [0.1, 0.15) is 6.33 Å². The highest BCUT2D eigenvalue weighted by molar-refractivity contribution is 6.35. The van der Waals surface area contributed by atoms with Crippen LogP contribution in [0.15, 0.2) is 78.1 Å². The van der Waals surface area contributed by atoms with Gasteiger partial charge in [-0.3, -0.25) is 9.36 Å². The van der Waals surface area contributed by atoms with Gasteiger partial charge >= 0.3 is 0 Å². The molecule has 0 saturated heterocycles. The van der Waals surface area contributed by atoms with Gasteiger partial charge in [0.25, 0.3) is 5.56 Å². The van der Waals surface area contributed by atoms with Crippen LogP contribution in [-0.2, 0) is 0 Å². The first-order chi connectivity index (χ1) is 14.6. The average molecular weight is 417 g/mol. The van der Waals surface area contributed by atoms with Crippen LogP contribution in [0.25, 0.3) is 22.1 Å². The molecule has 7 nitrogen and oxygen atoms in total. The summed E-state index contributed by atoms with van der Waals surface area (Å²) >= 11 is 6.38. The average Bonchev–Trinajstić information content (AvgIpc) is 3.24. The highest BCUT2D eigenvalue weighted by atomic mass is 35.5. The molecule has 1 unspecified atom stereocenters. The van der Waals surface area contributed by atoms with Gasteiger partial charge in [0.05, 0.1) is 16.5 Å². The molecule has 8 heteroatoms. The molecule has 1 atom stereocenters. The topological polar surface area (TPSA) is 77.1 Å². The molecule has 0 aliphatic rings. The molecule has 3 heterocycles. The van der Waals surface area contributed by atoms with Gasteiger partial charge in [-0.2, -0.15) is 5.10 Å². The quantitative estimate of drug-likeness (QED) is 0.473. The third-order valence-corrected chi connectivity index (χ3v) is 5.35. The maximum Gasteiger partial charge on any atom is 0.264 e. The number of hydrogen-bond donors (Lipinski definition) is 1. The van der Waals surface area contributed by atoms with E-state index in [0.717, 1.165) is 16.8 Å². The summed E-state index contributed by atoms with van der Waals surface area (Å²) in [7, 11) is 0. The number of halogens is 1. The molecule has 0 fully saturated rings. The van der Waals surface area contributed by atoms with Crippen LogP contribution in [-0.4, -0.2) is 24.1 Å². The van der Waals surface area contributed by atoms with Crippen molar-refractivity contribution in [2.24, 2.45) is 0 Å². The van der Waals surface area contributed by atoms with E-state index >= 15 is 0 Å². The molecular weight excluding hydrogens is 400 g/mol. The van der Waals surface area contributed by atoms with Crippen molar-refractivity contribution in [3.8, 4) is 5.69 Å². The Labute approximate surface area is 176 Å². The van der Waals surface area contributed by atoms with Crippen LogP contribution in [0.3, 0.4) is 0 Å². The Morgan fingerprint density at radius 3 is 2.73 bits per heavy atom. The smallest absolute Gasteiger partial charge is 0.264 e. The summed E-state index contributed by atoms with van der Waals surface area (Å²) in [4.78, 5) is 22.2. The second-order valence-corrected chi connectivity index (χ2v) is 7.33. The molecule has 5 rings (SSSR count). The van der Waals surface area contributed by atoms with Crippen LogP contribution in [0.2, 0.25) is 5.02 Å². The van der Waals surface area contributed by atoms with Gasteiger partial charge in [-0.1, -0.05) is 41.9 Å². The molecule has 0 radical (unpaired) electrons. The van der Waals surface area contributed by atoms with Crippen molar-refractivity contribution in [1.29, 1.82) is 0 Å². The molecule has 0 bridgehead atoms. The lowest BCUT2D eigenvalue weighted by atomic mass is 10.1. The number of nitrogens with zero attached hydrogens (tertiary/aromatic N) is 5. The largest absolute Gasteiger partial charge is 0.359 e. The van der Waals surface area contributed by atoms with E-state index in [-0.39, 0.29) is 11.6 Å². The van der Waals surface area contributed by atoms with Crippen molar-refractivity contribution in [3.05, 3.63) is 94.4 Å². The Balaban J connectivity index is 1.71. The van der Waals surface area contributed by atoms with E-state index in [1.54, 1.807) is 27.5 Å². The van der Waals surface area contributed by atoms with Crippen LogP contribution in [0.5, 0.6) is 0 Å². The minimum absolute atomic E-state index is 0.165. The first-order valence-corrected chi connectivity index (χ1v) is 9.82. The molecule has 30 heavy (non-hydrogen) atoms. The van der Waals surface area contributed by atoms with Crippen molar-refractivity contribution in [3.63, 3.8) is 0 Å². The van der Waals surface area contributed by atoms with Crippen molar-refractivity contribution in [1.82, 2.24) is 24.1 Å². The van der Waals surface area contributed by atoms with Gasteiger partial charge in [0.15, 0.2) is 11.5 Å². The molecular formula is C22H17ClN6O. The second kappa shape index (κ2) is 7.27. The number of hydrogen-bond acceptors (Lipinski definition) is 5. The highest BCUT2D eigenvalue weighted by Crippen LogP contribution is 2.27. The van der Waals surface area contributed by atoms with E-state index in [1.807, 2.05) is 55.5 Å². The predicted octanol–water partition coefficient (Wildman–Crippen LogP) is 4.25. The number of rotatable bonds is 4. The van der Waals surface area contributed by atoms with Crippen molar-refractivity contribution in [2.45, 2.75) is 13.0 Å². The van der Waals surface area contributed by atoms with Crippen LogP contribution < -0.4 is 10.9 Å². The summed E-state index contributed by atoms with van der Waals surface area (Å²) in [6.45, 7) is 1.98.